The number of nitriles is 1. The summed E-state index contributed by atoms with van der Waals surface area (Å²) >= 11 is 0. The molecule has 26 heavy (non-hydrogen) atoms. The van der Waals surface area contributed by atoms with Gasteiger partial charge in [-0.3, -0.25) is 14.5 Å². The van der Waals surface area contributed by atoms with E-state index in [1.165, 1.54) is 38.5 Å². The van der Waals surface area contributed by atoms with Crippen molar-refractivity contribution in [3.8, 4) is 6.07 Å². The van der Waals surface area contributed by atoms with E-state index >= 15 is 0 Å². The van der Waals surface area contributed by atoms with Gasteiger partial charge in [-0.1, -0.05) is 0 Å². The summed E-state index contributed by atoms with van der Waals surface area (Å²) in [5, 5.41) is 9.05. The molecule has 0 spiro atoms. The van der Waals surface area contributed by atoms with Gasteiger partial charge in [0.15, 0.2) is 0 Å². The van der Waals surface area contributed by atoms with Crippen LogP contribution in [0.3, 0.4) is 0 Å². The average molecular weight is 355 g/mol. The highest BCUT2D eigenvalue weighted by atomic mass is 16.2. The van der Waals surface area contributed by atoms with E-state index in [9.17, 15) is 9.59 Å². The molecule has 1 unspecified atom stereocenters. The Hall–Kier alpha value is -2.17. The van der Waals surface area contributed by atoms with Crippen LogP contribution in [0.25, 0.3) is 0 Å². The molecule has 138 valence electrons. The minimum atomic E-state index is -0.436. The maximum Gasteiger partial charge on any atom is 0.266 e. The fourth-order valence-electron chi connectivity index (χ4n) is 4.70. The number of aromatic amines is 1. The lowest BCUT2D eigenvalue weighted by Gasteiger charge is -2.51. The lowest BCUT2D eigenvalue weighted by molar-refractivity contribution is -0.0131. The van der Waals surface area contributed by atoms with Crippen LogP contribution < -0.4 is 5.56 Å². The van der Waals surface area contributed by atoms with Crippen molar-refractivity contribution in [2.45, 2.75) is 25.8 Å². The van der Waals surface area contributed by atoms with Crippen LogP contribution in [0.1, 0.15) is 34.5 Å². The summed E-state index contributed by atoms with van der Waals surface area (Å²) in [6, 6.07) is 3.92. The maximum absolute atomic E-state index is 12.9. The van der Waals surface area contributed by atoms with Crippen LogP contribution >= 0.6 is 0 Å². The molecular formula is C19H25N5O2. The van der Waals surface area contributed by atoms with Crippen molar-refractivity contribution < 1.29 is 4.79 Å². The van der Waals surface area contributed by atoms with Crippen molar-refractivity contribution in [2.75, 3.05) is 45.8 Å². The first-order chi connectivity index (χ1) is 12.6. The molecule has 7 nitrogen and oxygen atoms in total. The minimum absolute atomic E-state index is 0.00938. The molecular weight excluding hydrogens is 330 g/mol. The highest BCUT2D eigenvalue weighted by Gasteiger charge is 2.38. The van der Waals surface area contributed by atoms with Gasteiger partial charge in [-0.2, -0.15) is 5.26 Å². The molecule has 1 atom stereocenters. The summed E-state index contributed by atoms with van der Waals surface area (Å²) in [4.78, 5) is 34.2. The van der Waals surface area contributed by atoms with Crippen LogP contribution in [0.15, 0.2) is 10.9 Å². The van der Waals surface area contributed by atoms with Gasteiger partial charge in [0.2, 0.25) is 0 Å². The Morgan fingerprint density at radius 1 is 1.19 bits per heavy atom. The number of H-pyrrole nitrogens is 1. The van der Waals surface area contributed by atoms with Crippen LogP contribution in [0.4, 0.5) is 0 Å². The van der Waals surface area contributed by atoms with E-state index in [1.54, 1.807) is 6.92 Å². The highest BCUT2D eigenvalue weighted by Crippen LogP contribution is 2.31. The Balaban J connectivity index is 1.43. The number of aryl methyl sites for hydroxylation is 1. The van der Waals surface area contributed by atoms with Crippen molar-refractivity contribution >= 4 is 5.91 Å². The number of hydrogen-bond donors (Lipinski definition) is 1. The highest BCUT2D eigenvalue weighted by molar-refractivity contribution is 5.95. The molecule has 0 radical (unpaired) electrons. The van der Waals surface area contributed by atoms with E-state index in [-0.39, 0.29) is 11.5 Å². The van der Waals surface area contributed by atoms with Gasteiger partial charge in [0.25, 0.3) is 11.5 Å². The number of aromatic nitrogens is 1. The van der Waals surface area contributed by atoms with Gasteiger partial charge in [-0.25, -0.2) is 0 Å². The number of fused-ring (bicyclic) bond motifs is 3. The second kappa shape index (κ2) is 6.86. The molecule has 5 heterocycles. The number of nitrogens with zero attached hydrogens (tertiary/aromatic N) is 4. The van der Waals surface area contributed by atoms with Gasteiger partial charge in [-0.05, 0) is 44.8 Å². The molecule has 4 aliphatic rings. The third-order valence-electron chi connectivity index (χ3n) is 6.28. The number of rotatable bonds is 2. The number of carbonyl (C=O) groups is 1. The van der Waals surface area contributed by atoms with Gasteiger partial charge in [0.1, 0.15) is 11.6 Å². The lowest BCUT2D eigenvalue weighted by Crippen LogP contribution is -2.61. The van der Waals surface area contributed by atoms with Crippen molar-refractivity contribution in [1.29, 1.82) is 5.26 Å². The van der Waals surface area contributed by atoms with E-state index < -0.39 is 5.56 Å². The molecule has 4 saturated heterocycles. The van der Waals surface area contributed by atoms with E-state index in [1.807, 2.05) is 11.0 Å². The van der Waals surface area contributed by atoms with Gasteiger partial charge >= 0.3 is 0 Å². The Kier molecular flexibility index (Phi) is 4.55. The minimum Gasteiger partial charge on any atom is -0.336 e. The van der Waals surface area contributed by atoms with Crippen LogP contribution in [0.2, 0.25) is 0 Å². The van der Waals surface area contributed by atoms with Crippen molar-refractivity contribution in [3.63, 3.8) is 0 Å². The number of piperazine rings is 1. The number of pyridine rings is 1. The maximum atomic E-state index is 12.9. The molecule has 0 aromatic carbocycles. The van der Waals surface area contributed by atoms with E-state index in [0.717, 1.165) is 19.0 Å². The standard InChI is InChI=1S/C19H25N5O2/c1-13-16(10-15(11-20)18(25)21-13)19(26)24-8-6-23(7-9-24)17-12-22-4-2-14(17)3-5-22/h10,14,17H,2-9,12H2,1H3,(H,21,25). The number of nitrogens with one attached hydrogen (secondary N) is 1. The summed E-state index contributed by atoms with van der Waals surface area (Å²) in [6.07, 6.45) is 2.61. The third-order valence-corrected chi connectivity index (χ3v) is 6.28. The summed E-state index contributed by atoms with van der Waals surface area (Å²) in [5.74, 6) is 0.714. The second-order valence-corrected chi connectivity index (χ2v) is 7.70. The molecule has 7 heteroatoms. The second-order valence-electron chi connectivity index (χ2n) is 7.70. The lowest BCUT2D eigenvalue weighted by atomic mass is 9.83. The molecule has 4 aliphatic heterocycles. The van der Waals surface area contributed by atoms with Crippen LogP contribution in [0, 0.1) is 24.2 Å². The third kappa shape index (κ3) is 3.04. The van der Waals surface area contributed by atoms with Crippen LogP contribution in [-0.4, -0.2) is 77.4 Å². The molecule has 2 bridgehead atoms. The van der Waals surface area contributed by atoms with Gasteiger partial charge in [0.05, 0.1) is 5.56 Å². The average Bonchev–Trinajstić information content (AvgIpc) is 2.68. The zero-order chi connectivity index (χ0) is 18.3. The Labute approximate surface area is 153 Å². The van der Waals surface area contributed by atoms with Crippen LogP contribution in [-0.2, 0) is 0 Å². The summed E-state index contributed by atoms with van der Waals surface area (Å²) < 4.78 is 0. The Morgan fingerprint density at radius 2 is 1.88 bits per heavy atom. The first-order valence-electron chi connectivity index (χ1n) is 9.46. The smallest absolute Gasteiger partial charge is 0.266 e. The van der Waals surface area contributed by atoms with Crippen LogP contribution in [0.5, 0.6) is 0 Å². The summed E-state index contributed by atoms with van der Waals surface area (Å²) in [6.45, 7) is 8.55. The van der Waals surface area contributed by atoms with Crippen molar-refractivity contribution in [1.82, 2.24) is 19.7 Å². The largest absolute Gasteiger partial charge is 0.336 e. The number of hydrogen-bond acceptors (Lipinski definition) is 5. The quantitative estimate of drug-likeness (QED) is 0.831. The first kappa shape index (κ1) is 17.3. The van der Waals surface area contributed by atoms with E-state index in [2.05, 4.69) is 14.8 Å². The zero-order valence-corrected chi connectivity index (χ0v) is 15.2. The number of carbonyl (C=O) groups excluding carboxylic acids is 1. The fourth-order valence-corrected chi connectivity index (χ4v) is 4.70. The normalized spacial score (nSPS) is 28.8. The monoisotopic (exact) mass is 355 g/mol. The molecule has 1 aromatic heterocycles. The molecule has 5 rings (SSSR count). The van der Waals surface area contributed by atoms with E-state index in [0.29, 0.717) is 30.4 Å². The molecule has 4 fully saturated rings. The predicted octanol–water partition coefficient (Wildman–Crippen LogP) is 0.407. The molecule has 1 aromatic rings. The number of amides is 1. The van der Waals surface area contributed by atoms with Gasteiger partial charge in [-0.15, -0.1) is 0 Å². The molecule has 1 amide bonds. The van der Waals surface area contributed by atoms with Crippen molar-refractivity contribution in [2.24, 2.45) is 5.92 Å². The molecule has 0 saturated carbocycles. The summed E-state index contributed by atoms with van der Waals surface area (Å²) in [5.41, 5.74) is 0.509. The zero-order valence-electron chi connectivity index (χ0n) is 15.2. The first-order valence-corrected chi connectivity index (χ1v) is 9.46. The van der Waals surface area contributed by atoms with E-state index in [4.69, 9.17) is 5.26 Å². The van der Waals surface area contributed by atoms with Gasteiger partial charge in [0, 0.05) is 44.5 Å². The Bertz CT molecular complexity index is 795. The topological polar surface area (TPSA) is 83.4 Å². The molecule has 0 aliphatic carbocycles. The van der Waals surface area contributed by atoms with Crippen molar-refractivity contribution in [3.05, 3.63) is 33.2 Å². The predicted molar refractivity (Wildman–Crippen MR) is 96.9 cm³/mol. The number of piperidine rings is 3. The fraction of sp³-hybridized carbons (Fsp3) is 0.632. The Morgan fingerprint density at radius 3 is 2.46 bits per heavy atom. The SMILES string of the molecule is Cc1[nH]c(=O)c(C#N)cc1C(=O)N1CCN(C2CN3CCC2CC3)CC1. The summed E-state index contributed by atoms with van der Waals surface area (Å²) in [7, 11) is 0. The van der Waals surface area contributed by atoms with Gasteiger partial charge < -0.3 is 14.8 Å². The molecule has 1 N–H and O–H groups in total.